The van der Waals surface area contributed by atoms with Crippen LogP contribution in [-0.4, -0.2) is 61.8 Å². The van der Waals surface area contributed by atoms with E-state index < -0.39 is 11.7 Å². The van der Waals surface area contributed by atoms with Gasteiger partial charge in [0.15, 0.2) is 5.82 Å². The number of hydrogen-bond acceptors (Lipinski definition) is 6. The highest BCUT2D eigenvalue weighted by Crippen LogP contribution is 2.15. The SMILES string of the molecule is CC(C)(C)OC(=O)NC1CCN(C(=O)Cc2nc(-c3ccncc3)n[nH]2)C1. The zero-order valence-corrected chi connectivity index (χ0v) is 15.7. The Labute approximate surface area is 157 Å². The van der Waals surface area contributed by atoms with E-state index in [2.05, 4.69) is 25.5 Å². The third-order valence-corrected chi connectivity index (χ3v) is 4.05. The number of alkyl carbamates (subject to hydrolysis) is 1. The van der Waals surface area contributed by atoms with Gasteiger partial charge < -0.3 is 15.0 Å². The van der Waals surface area contributed by atoms with Crippen molar-refractivity contribution in [1.29, 1.82) is 0 Å². The van der Waals surface area contributed by atoms with Gasteiger partial charge in [0.1, 0.15) is 11.4 Å². The Bertz CT molecular complexity index is 799. The van der Waals surface area contributed by atoms with Crippen molar-refractivity contribution in [1.82, 2.24) is 30.4 Å². The molecule has 2 aromatic heterocycles. The summed E-state index contributed by atoms with van der Waals surface area (Å²) in [5, 5.41) is 9.77. The minimum atomic E-state index is -0.545. The van der Waals surface area contributed by atoms with Gasteiger partial charge in [-0.05, 0) is 39.3 Å². The molecule has 1 fully saturated rings. The second-order valence-electron chi connectivity index (χ2n) is 7.49. The van der Waals surface area contributed by atoms with Crippen LogP contribution in [0.5, 0.6) is 0 Å². The lowest BCUT2D eigenvalue weighted by molar-refractivity contribution is -0.129. The van der Waals surface area contributed by atoms with Crippen LogP contribution in [0.25, 0.3) is 11.4 Å². The fraction of sp³-hybridized carbons (Fsp3) is 0.500. The zero-order valence-electron chi connectivity index (χ0n) is 15.7. The van der Waals surface area contributed by atoms with Crippen molar-refractivity contribution in [2.24, 2.45) is 0 Å². The second kappa shape index (κ2) is 7.73. The Morgan fingerprint density at radius 1 is 1.33 bits per heavy atom. The summed E-state index contributed by atoms with van der Waals surface area (Å²) in [6, 6.07) is 3.51. The molecule has 0 radical (unpaired) electrons. The van der Waals surface area contributed by atoms with Crippen LogP contribution in [-0.2, 0) is 16.0 Å². The Morgan fingerprint density at radius 2 is 2.07 bits per heavy atom. The number of aromatic nitrogens is 4. The van der Waals surface area contributed by atoms with Crippen molar-refractivity contribution >= 4 is 12.0 Å². The number of carbonyl (C=O) groups excluding carboxylic acids is 2. The molecule has 9 nitrogen and oxygen atoms in total. The Balaban J connectivity index is 1.51. The smallest absolute Gasteiger partial charge is 0.407 e. The van der Waals surface area contributed by atoms with Crippen molar-refractivity contribution in [3.05, 3.63) is 30.4 Å². The number of H-pyrrole nitrogens is 1. The van der Waals surface area contributed by atoms with Gasteiger partial charge >= 0.3 is 6.09 Å². The Morgan fingerprint density at radius 3 is 2.78 bits per heavy atom. The van der Waals surface area contributed by atoms with E-state index >= 15 is 0 Å². The third-order valence-electron chi connectivity index (χ3n) is 4.05. The van der Waals surface area contributed by atoms with Gasteiger partial charge in [0.2, 0.25) is 5.91 Å². The van der Waals surface area contributed by atoms with Crippen LogP contribution in [0.1, 0.15) is 33.0 Å². The molecule has 2 aromatic rings. The Kier molecular flexibility index (Phi) is 5.38. The van der Waals surface area contributed by atoms with E-state index in [1.165, 1.54) is 0 Å². The van der Waals surface area contributed by atoms with E-state index in [1.54, 1.807) is 17.3 Å². The lowest BCUT2D eigenvalue weighted by Gasteiger charge is -2.22. The molecule has 0 spiro atoms. The van der Waals surface area contributed by atoms with Crippen molar-refractivity contribution in [2.75, 3.05) is 13.1 Å². The van der Waals surface area contributed by atoms with E-state index in [4.69, 9.17) is 4.74 Å². The summed E-state index contributed by atoms with van der Waals surface area (Å²) in [5.74, 6) is 0.988. The molecule has 0 aliphatic carbocycles. The first kappa shape index (κ1) is 18.8. The number of amides is 2. The molecule has 0 aromatic carbocycles. The minimum absolute atomic E-state index is 0.0547. The van der Waals surface area contributed by atoms with Crippen LogP contribution in [0.3, 0.4) is 0 Å². The number of rotatable bonds is 4. The van der Waals surface area contributed by atoms with Gasteiger partial charge in [-0.2, -0.15) is 5.10 Å². The number of ether oxygens (including phenoxy) is 1. The normalized spacial score (nSPS) is 17.0. The molecular weight excluding hydrogens is 348 g/mol. The van der Waals surface area contributed by atoms with Gasteiger partial charge in [-0.3, -0.25) is 14.9 Å². The summed E-state index contributed by atoms with van der Waals surface area (Å²) in [6.07, 6.45) is 3.71. The van der Waals surface area contributed by atoms with Crippen molar-refractivity contribution in [3.8, 4) is 11.4 Å². The minimum Gasteiger partial charge on any atom is -0.444 e. The standard InChI is InChI=1S/C18H24N6O3/c1-18(2,3)27-17(26)20-13-6-9-24(11-13)15(25)10-14-21-16(23-22-14)12-4-7-19-8-5-12/h4-5,7-8,13H,6,9-11H2,1-3H3,(H,20,26)(H,21,22,23). The molecule has 144 valence electrons. The average Bonchev–Trinajstić information content (AvgIpc) is 3.23. The zero-order chi connectivity index (χ0) is 19.4. The highest BCUT2D eigenvalue weighted by molar-refractivity contribution is 5.78. The predicted octanol–water partition coefficient (Wildman–Crippen LogP) is 1.53. The highest BCUT2D eigenvalue weighted by atomic mass is 16.6. The monoisotopic (exact) mass is 372 g/mol. The molecule has 1 unspecified atom stereocenters. The summed E-state index contributed by atoms with van der Waals surface area (Å²) in [6.45, 7) is 6.49. The number of nitrogens with one attached hydrogen (secondary N) is 2. The molecule has 1 aliphatic heterocycles. The number of pyridine rings is 1. The molecular formula is C18H24N6O3. The van der Waals surface area contributed by atoms with Crippen molar-refractivity contribution < 1.29 is 14.3 Å². The fourth-order valence-electron chi connectivity index (χ4n) is 2.84. The third kappa shape index (κ3) is 5.25. The molecule has 0 saturated carbocycles. The lowest BCUT2D eigenvalue weighted by atomic mass is 10.2. The van der Waals surface area contributed by atoms with Crippen LogP contribution < -0.4 is 5.32 Å². The molecule has 9 heteroatoms. The van der Waals surface area contributed by atoms with Crippen LogP contribution in [0.15, 0.2) is 24.5 Å². The van der Waals surface area contributed by atoms with Crippen LogP contribution in [0.4, 0.5) is 4.79 Å². The van der Waals surface area contributed by atoms with Crippen LogP contribution in [0.2, 0.25) is 0 Å². The van der Waals surface area contributed by atoms with Crippen molar-refractivity contribution in [3.63, 3.8) is 0 Å². The molecule has 27 heavy (non-hydrogen) atoms. The van der Waals surface area contributed by atoms with Gasteiger partial charge in [0.25, 0.3) is 0 Å². The van der Waals surface area contributed by atoms with E-state index in [0.29, 0.717) is 31.2 Å². The maximum atomic E-state index is 12.5. The Hall–Kier alpha value is -2.97. The van der Waals surface area contributed by atoms with Gasteiger partial charge in [-0.25, -0.2) is 9.78 Å². The van der Waals surface area contributed by atoms with Crippen LogP contribution in [0, 0.1) is 0 Å². The van der Waals surface area contributed by atoms with E-state index in [0.717, 1.165) is 5.56 Å². The van der Waals surface area contributed by atoms with Gasteiger partial charge in [-0.1, -0.05) is 0 Å². The highest BCUT2D eigenvalue weighted by Gasteiger charge is 2.29. The molecule has 3 rings (SSSR count). The van der Waals surface area contributed by atoms with Gasteiger partial charge in [-0.15, -0.1) is 0 Å². The fourth-order valence-corrected chi connectivity index (χ4v) is 2.84. The number of likely N-dealkylation sites (tertiary alicyclic amines) is 1. The molecule has 0 bridgehead atoms. The van der Waals surface area contributed by atoms with Gasteiger partial charge in [0, 0.05) is 31.0 Å². The van der Waals surface area contributed by atoms with E-state index in [1.807, 2.05) is 32.9 Å². The first-order chi connectivity index (χ1) is 12.8. The molecule has 1 atom stereocenters. The van der Waals surface area contributed by atoms with Crippen LogP contribution >= 0.6 is 0 Å². The number of aromatic amines is 1. The maximum Gasteiger partial charge on any atom is 0.407 e. The summed E-state index contributed by atoms with van der Waals surface area (Å²) >= 11 is 0. The van der Waals surface area contributed by atoms with Gasteiger partial charge in [0.05, 0.1) is 12.5 Å². The average molecular weight is 372 g/mol. The number of hydrogen-bond donors (Lipinski definition) is 2. The predicted molar refractivity (Wildman–Crippen MR) is 97.7 cm³/mol. The number of nitrogens with zero attached hydrogens (tertiary/aromatic N) is 4. The molecule has 3 heterocycles. The topological polar surface area (TPSA) is 113 Å². The quantitative estimate of drug-likeness (QED) is 0.842. The van der Waals surface area contributed by atoms with E-state index in [9.17, 15) is 9.59 Å². The van der Waals surface area contributed by atoms with E-state index in [-0.39, 0.29) is 18.4 Å². The second-order valence-corrected chi connectivity index (χ2v) is 7.49. The summed E-state index contributed by atoms with van der Waals surface area (Å²) < 4.78 is 5.25. The summed E-state index contributed by atoms with van der Waals surface area (Å²) in [7, 11) is 0. The molecule has 2 N–H and O–H groups in total. The first-order valence-electron chi connectivity index (χ1n) is 8.89. The summed E-state index contributed by atoms with van der Waals surface area (Å²) in [4.78, 5) is 34.4. The first-order valence-corrected chi connectivity index (χ1v) is 8.89. The lowest BCUT2D eigenvalue weighted by Crippen LogP contribution is -2.41. The molecule has 1 saturated heterocycles. The summed E-state index contributed by atoms with van der Waals surface area (Å²) in [5.41, 5.74) is 0.291. The number of carbonyl (C=O) groups is 2. The largest absolute Gasteiger partial charge is 0.444 e. The van der Waals surface area contributed by atoms with Crippen molar-refractivity contribution in [2.45, 2.75) is 45.3 Å². The maximum absolute atomic E-state index is 12.5. The molecule has 1 aliphatic rings. The molecule has 2 amide bonds.